The predicted octanol–water partition coefficient (Wildman–Crippen LogP) is 1.20. The number of aromatic hydroxyl groups is 1. The van der Waals surface area contributed by atoms with Crippen LogP contribution in [0.4, 0.5) is 5.69 Å². The highest BCUT2D eigenvalue weighted by Crippen LogP contribution is 2.31. The lowest BCUT2D eigenvalue weighted by Crippen LogP contribution is -2.26. The van der Waals surface area contributed by atoms with Crippen LogP contribution in [0.5, 0.6) is 5.75 Å². The Bertz CT molecular complexity index is 616. The Labute approximate surface area is 104 Å². The normalized spacial score (nSPS) is 14.6. The molecule has 94 valence electrons. The molecule has 0 saturated heterocycles. The van der Waals surface area contributed by atoms with Crippen molar-refractivity contribution >= 4 is 22.7 Å². The first kappa shape index (κ1) is 10.9. The minimum absolute atomic E-state index is 0.195. The van der Waals surface area contributed by atoms with E-state index >= 15 is 0 Å². The second-order valence-electron chi connectivity index (χ2n) is 4.18. The third-order valence-corrected chi connectivity index (χ3v) is 3.07. The van der Waals surface area contributed by atoms with Crippen LogP contribution in [-0.4, -0.2) is 34.1 Å². The summed E-state index contributed by atoms with van der Waals surface area (Å²) in [5.74, 6) is 0.944. The van der Waals surface area contributed by atoms with Gasteiger partial charge in [-0.2, -0.15) is 0 Å². The van der Waals surface area contributed by atoms with Gasteiger partial charge in [-0.25, -0.2) is 4.98 Å². The van der Waals surface area contributed by atoms with E-state index in [4.69, 9.17) is 0 Å². The predicted molar refractivity (Wildman–Crippen MR) is 71.1 cm³/mol. The number of benzene rings is 1. The van der Waals surface area contributed by atoms with Crippen LogP contribution < -0.4 is 10.6 Å². The van der Waals surface area contributed by atoms with Crippen LogP contribution in [0.1, 0.15) is 12.5 Å². The van der Waals surface area contributed by atoms with Crippen molar-refractivity contribution in [2.45, 2.75) is 13.3 Å². The average molecular weight is 245 g/mol. The van der Waals surface area contributed by atoms with Crippen LogP contribution in [0.3, 0.4) is 0 Å². The lowest BCUT2D eigenvalue weighted by atomic mass is 10.1. The molecule has 1 aromatic heterocycles. The van der Waals surface area contributed by atoms with Crippen LogP contribution in [0.15, 0.2) is 17.4 Å². The number of guanidine groups is 1. The Balaban J connectivity index is 2.09. The van der Waals surface area contributed by atoms with E-state index in [2.05, 4.69) is 32.5 Å². The van der Waals surface area contributed by atoms with Gasteiger partial charge in [-0.1, -0.05) is 6.92 Å². The van der Waals surface area contributed by atoms with Crippen molar-refractivity contribution in [3.05, 3.63) is 18.0 Å². The summed E-state index contributed by atoms with van der Waals surface area (Å²) in [6.07, 6.45) is 2.43. The number of H-pyrrole nitrogens is 1. The summed E-state index contributed by atoms with van der Waals surface area (Å²) < 4.78 is 0. The summed E-state index contributed by atoms with van der Waals surface area (Å²) in [6.45, 7) is 3.69. The molecule has 0 spiro atoms. The molecule has 1 aliphatic heterocycles. The Morgan fingerprint density at radius 3 is 3.11 bits per heavy atom. The average Bonchev–Trinajstić information content (AvgIpc) is 3.00. The van der Waals surface area contributed by atoms with Crippen molar-refractivity contribution < 1.29 is 5.11 Å². The lowest BCUT2D eigenvalue weighted by molar-refractivity contribution is 0.480. The topological polar surface area (TPSA) is 85.3 Å². The van der Waals surface area contributed by atoms with E-state index in [1.165, 1.54) is 0 Å². The summed E-state index contributed by atoms with van der Waals surface area (Å²) in [7, 11) is 0. The molecule has 4 N–H and O–H groups in total. The van der Waals surface area contributed by atoms with Crippen molar-refractivity contribution in [2.24, 2.45) is 4.99 Å². The Morgan fingerprint density at radius 2 is 2.39 bits per heavy atom. The molecule has 18 heavy (non-hydrogen) atoms. The van der Waals surface area contributed by atoms with Crippen LogP contribution in [0.25, 0.3) is 11.0 Å². The van der Waals surface area contributed by atoms with Gasteiger partial charge in [0.15, 0.2) is 5.96 Å². The summed E-state index contributed by atoms with van der Waals surface area (Å²) >= 11 is 0. The van der Waals surface area contributed by atoms with Gasteiger partial charge in [-0.15, -0.1) is 0 Å². The third-order valence-electron chi connectivity index (χ3n) is 3.07. The molecular weight excluding hydrogens is 230 g/mol. The highest BCUT2D eigenvalue weighted by atomic mass is 16.3. The number of rotatable bonds is 2. The highest BCUT2D eigenvalue weighted by molar-refractivity contribution is 5.99. The van der Waals surface area contributed by atoms with Gasteiger partial charge in [0, 0.05) is 23.9 Å². The smallest absolute Gasteiger partial charge is 0.195 e. The summed E-state index contributed by atoms with van der Waals surface area (Å²) in [5.41, 5.74) is 3.40. The molecular formula is C12H15N5O. The minimum atomic E-state index is 0.195. The number of aliphatic imine (C=N–C) groups is 1. The monoisotopic (exact) mass is 245 g/mol. The Hall–Kier alpha value is -2.24. The molecule has 0 unspecified atom stereocenters. The van der Waals surface area contributed by atoms with E-state index < -0.39 is 0 Å². The number of anilines is 1. The van der Waals surface area contributed by atoms with Gasteiger partial charge in [0.25, 0.3) is 0 Å². The molecule has 1 aliphatic rings. The number of aromatic nitrogens is 2. The number of aromatic amines is 1. The number of aryl methyl sites for hydroxylation is 1. The molecule has 0 fully saturated rings. The molecule has 0 aliphatic carbocycles. The highest BCUT2D eigenvalue weighted by Gasteiger charge is 2.14. The van der Waals surface area contributed by atoms with E-state index in [1.807, 2.05) is 0 Å². The number of fused-ring (bicyclic) bond motifs is 1. The van der Waals surface area contributed by atoms with Gasteiger partial charge < -0.3 is 20.7 Å². The van der Waals surface area contributed by atoms with E-state index in [1.54, 1.807) is 12.4 Å². The number of phenolic OH excluding ortho intramolecular Hbond substituents is 1. The molecule has 6 nitrogen and oxygen atoms in total. The van der Waals surface area contributed by atoms with Crippen molar-refractivity contribution in [1.29, 1.82) is 0 Å². The molecule has 0 atom stereocenters. The van der Waals surface area contributed by atoms with Crippen molar-refractivity contribution in [3.8, 4) is 5.75 Å². The second kappa shape index (κ2) is 4.21. The maximum absolute atomic E-state index is 9.96. The molecule has 2 heterocycles. The number of hydrogen-bond acceptors (Lipinski definition) is 5. The number of hydrogen-bond donors (Lipinski definition) is 4. The van der Waals surface area contributed by atoms with E-state index in [9.17, 15) is 5.11 Å². The Kier molecular flexibility index (Phi) is 2.55. The number of nitrogens with zero attached hydrogens (tertiary/aromatic N) is 2. The Morgan fingerprint density at radius 1 is 1.50 bits per heavy atom. The fraction of sp³-hybridized carbons (Fsp3) is 0.333. The van der Waals surface area contributed by atoms with Gasteiger partial charge in [-0.05, 0) is 6.42 Å². The van der Waals surface area contributed by atoms with Gasteiger partial charge in [0.2, 0.25) is 0 Å². The van der Waals surface area contributed by atoms with Crippen LogP contribution >= 0.6 is 0 Å². The van der Waals surface area contributed by atoms with Crippen LogP contribution in [0.2, 0.25) is 0 Å². The van der Waals surface area contributed by atoms with Gasteiger partial charge in [0.05, 0.1) is 18.4 Å². The molecule has 3 rings (SSSR count). The first-order valence-electron chi connectivity index (χ1n) is 6.03. The van der Waals surface area contributed by atoms with Crippen LogP contribution in [-0.2, 0) is 6.42 Å². The minimum Gasteiger partial charge on any atom is -0.506 e. The number of phenols is 1. The SMILES string of the molecule is CCc1c(NC2=NCCN2)cc(O)c2[nH]cnc12. The zero-order chi connectivity index (χ0) is 12.5. The molecule has 6 heteroatoms. The summed E-state index contributed by atoms with van der Waals surface area (Å²) in [5, 5.41) is 16.3. The molecule has 0 radical (unpaired) electrons. The molecule has 2 aromatic rings. The molecule has 0 saturated carbocycles. The van der Waals surface area contributed by atoms with Crippen molar-refractivity contribution in [1.82, 2.24) is 15.3 Å². The van der Waals surface area contributed by atoms with Gasteiger partial charge in [-0.3, -0.25) is 4.99 Å². The molecule has 0 amide bonds. The van der Waals surface area contributed by atoms with E-state index in [-0.39, 0.29) is 5.75 Å². The number of nitrogens with one attached hydrogen (secondary N) is 3. The standard InChI is InChI=1S/C12H15N5O/c1-2-7-8(17-12-13-3-4-14-12)5-9(18)11-10(7)15-6-16-11/h5-6,18H,2-4H2,1H3,(H,15,16)(H2,13,14,17). The fourth-order valence-electron chi connectivity index (χ4n) is 2.22. The quantitative estimate of drug-likeness (QED) is 0.640. The van der Waals surface area contributed by atoms with E-state index in [0.717, 1.165) is 42.2 Å². The molecule has 1 aromatic carbocycles. The largest absolute Gasteiger partial charge is 0.506 e. The maximum atomic E-state index is 9.96. The third kappa shape index (κ3) is 1.66. The van der Waals surface area contributed by atoms with Crippen molar-refractivity contribution in [2.75, 3.05) is 18.4 Å². The zero-order valence-electron chi connectivity index (χ0n) is 10.1. The van der Waals surface area contributed by atoms with Crippen molar-refractivity contribution in [3.63, 3.8) is 0 Å². The number of imidazole rings is 1. The second-order valence-corrected chi connectivity index (χ2v) is 4.18. The maximum Gasteiger partial charge on any atom is 0.195 e. The first-order chi connectivity index (χ1) is 8.79. The van der Waals surface area contributed by atoms with Gasteiger partial charge >= 0.3 is 0 Å². The van der Waals surface area contributed by atoms with E-state index in [0.29, 0.717) is 5.52 Å². The zero-order valence-corrected chi connectivity index (χ0v) is 10.1. The van der Waals surface area contributed by atoms with Crippen LogP contribution in [0, 0.1) is 0 Å². The summed E-state index contributed by atoms with van der Waals surface area (Å²) in [6, 6.07) is 1.71. The lowest BCUT2D eigenvalue weighted by Gasteiger charge is -2.12. The first-order valence-corrected chi connectivity index (χ1v) is 6.03. The summed E-state index contributed by atoms with van der Waals surface area (Å²) in [4.78, 5) is 11.5. The molecule has 0 bridgehead atoms. The van der Waals surface area contributed by atoms with Gasteiger partial charge in [0.1, 0.15) is 11.3 Å². The fourth-order valence-corrected chi connectivity index (χ4v) is 2.22.